The first-order chi connectivity index (χ1) is 7.24. The average Bonchev–Trinajstić information content (AvgIpc) is 2.60. The van der Waals surface area contributed by atoms with E-state index in [4.69, 9.17) is 0 Å². The molecule has 0 bridgehead atoms. The van der Waals surface area contributed by atoms with Crippen LogP contribution < -0.4 is 4.90 Å². The molecule has 3 nitrogen and oxygen atoms in total. The number of nitrogens with zero attached hydrogens (tertiary/aromatic N) is 2. The number of rotatable bonds is 2. The summed E-state index contributed by atoms with van der Waals surface area (Å²) in [4.78, 5) is 6.40. The Balaban J connectivity index is 2.28. The standard InChI is InChI=1S/C12H18N2O/c1-9-4-6-14(12(9)8-15)11-3-5-13-7-10(11)2/h3,5,7,9,12,15H,4,6,8H2,1-2H3. The molecule has 0 spiro atoms. The largest absolute Gasteiger partial charge is 0.394 e. The maximum absolute atomic E-state index is 9.40. The summed E-state index contributed by atoms with van der Waals surface area (Å²) in [5, 5.41) is 9.40. The van der Waals surface area contributed by atoms with E-state index in [2.05, 4.69) is 23.7 Å². The Morgan fingerprint density at radius 2 is 2.40 bits per heavy atom. The highest BCUT2D eigenvalue weighted by Crippen LogP contribution is 2.30. The van der Waals surface area contributed by atoms with E-state index in [0.29, 0.717) is 5.92 Å². The molecule has 0 aromatic carbocycles. The average molecular weight is 206 g/mol. The minimum absolute atomic E-state index is 0.239. The second-order valence-electron chi connectivity index (χ2n) is 4.37. The van der Waals surface area contributed by atoms with E-state index in [0.717, 1.165) is 13.0 Å². The highest BCUT2D eigenvalue weighted by molar-refractivity contribution is 5.53. The lowest BCUT2D eigenvalue weighted by molar-refractivity contribution is 0.244. The SMILES string of the molecule is Cc1cnccc1N1CCC(C)C1CO. The maximum Gasteiger partial charge on any atom is 0.0637 e. The monoisotopic (exact) mass is 206 g/mol. The van der Waals surface area contributed by atoms with Crippen LogP contribution in [0, 0.1) is 12.8 Å². The topological polar surface area (TPSA) is 36.4 Å². The van der Waals surface area contributed by atoms with Crippen molar-refractivity contribution in [2.75, 3.05) is 18.1 Å². The lowest BCUT2D eigenvalue weighted by Crippen LogP contribution is -2.35. The predicted octanol–water partition coefficient (Wildman–Crippen LogP) is 1.60. The molecule has 1 N–H and O–H groups in total. The van der Waals surface area contributed by atoms with Crippen LogP contribution in [0.1, 0.15) is 18.9 Å². The zero-order chi connectivity index (χ0) is 10.8. The second kappa shape index (κ2) is 4.19. The van der Waals surface area contributed by atoms with Crippen LogP contribution >= 0.6 is 0 Å². The van der Waals surface area contributed by atoms with Crippen LogP contribution in [0.3, 0.4) is 0 Å². The van der Waals surface area contributed by atoms with Crippen LogP contribution in [0.15, 0.2) is 18.5 Å². The van der Waals surface area contributed by atoms with Gasteiger partial charge in [-0.3, -0.25) is 4.98 Å². The second-order valence-corrected chi connectivity index (χ2v) is 4.37. The number of pyridine rings is 1. The maximum atomic E-state index is 9.40. The summed E-state index contributed by atoms with van der Waals surface area (Å²) in [5.74, 6) is 0.572. The van der Waals surface area contributed by atoms with Crippen molar-refractivity contribution in [1.82, 2.24) is 4.98 Å². The molecule has 82 valence electrons. The van der Waals surface area contributed by atoms with E-state index < -0.39 is 0 Å². The number of aliphatic hydroxyl groups is 1. The molecule has 15 heavy (non-hydrogen) atoms. The molecule has 0 amide bonds. The summed E-state index contributed by atoms with van der Waals surface area (Å²) in [6, 6.07) is 2.31. The van der Waals surface area contributed by atoms with Crippen molar-refractivity contribution in [1.29, 1.82) is 0 Å². The first-order valence-electron chi connectivity index (χ1n) is 5.52. The summed E-state index contributed by atoms with van der Waals surface area (Å²) in [6.07, 6.45) is 4.86. The molecule has 0 saturated carbocycles. The fraction of sp³-hybridized carbons (Fsp3) is 0.583. The van der Waals surface area contributed by atoms with Crippen molar-refractivity contribution in [3.63, 3.8) is 0 Å². The van der Waals surface area contributed by atoms with Gasteiger partial charge >= 0.3 is 0 Å². The van der Waals surface area contributed by atoms with Gasteiger partial charge in [0, 0.05) is 24.6 Å². The van der Waals surface area contributed by atoms with Crippen LogP contribution in [-0.2, 0) is 0 Å². The van der Waals surface area contributed by atoms with Gasteiger partial charge in [0.2, 0.25) is 0 Å². The molecule has 1 saturated heterocycles. The summed E-state index contributed by atoms with van der Waals surface area (Å²) < 4.78 is 0. The zero-order valence-electron chi connectivity index (χ0n) is 9.35. The summed E-state index contributed by atoms with van der Waals surface area (Å²) >= 11 is 0. The van der Waals surface area contributed by atoms with Crippen LogP contribution in [0.2, 0.25) is 0 Å². The van der Waals surface area contributed by atoms with E-state index >= 15 is 0 Å². The van der Waals surface area contributed by atoms with Gasteiger partial charge in [-0.25, -0.2) is 0 Å². The molecule has 2 heterocycles. The Labute approximate surface area is 90.8 Å². The number of aryl methyl sites for hydroxylation is 1. The number of hydrogen-bond donors (Lipinski definition) is 1. The molecule has 2 atom stereocenters. The summed E-state index contributed by atoms with van der Waals surface area (Å²) in [6.45, 7) is 5.55. The van der Waals surface area contributed by atoms with Gasteiger partial charge in [-0.2, -0.15) is 0 Å². The van der Waals surface area contributed by atoms with Gasteiger partial charge in [-0.1, -0.05) is 6.92 Å². The van der Waals surface area contributed by atoms with Crippen LogP contribution in [0.4, 0.5) is 5.69 Å². The van der Waals surface area contributed by atoms with Crippen molar-refractivity contribution in [3.8, 4) is 0 Å². The summed E-state index contributed by atoms with van der Waals surface area (Å²) in [7, 11) is 0. The molecule has 0 aliphatic carbocycles. The molecule has 2 rings (SSSR count). The van der Waals surface area contributed by atoms with Crippen LogP contribution in [0.25, 0.3) is 0 Å². The smallest absolute Gasteiger partial charge is 0.0637 e. The lowest BCUT2D eigenvalue weighted by Gasteiger charge is -2.28. The third kappa shape index (κ3) is 1.84. The van der Waals surface area contributed by atoms with Gasteiger partial charge in [0.1, 0.15) is 0 Å². The molecule has 1 fully saturated rings. The van der Waals surface area contributed by atoms with E-state index in [1.54, 1.807) is 0 Å². The molecule has 1 aromatic rings. The summed E-state index contributed by atoms with van der Waals surface area (Å²) in [5.41, 5.74) is 2.40. The number of aliphatic hydroxyl groups excluding tert-OH is 1. The van der Waals surface area contributed by atoms with Crippen molar-refractivity contribution >= 4 is 5.69 Å². The van der Waals surface area contributed by atoms with Gasteiger partial charge in [0.25, 0.3) is 0 Å². The molecular weight excluding hydrogens is 188 g/mol. The van der Waals surface area contributed by atoms with Gasteiger partial charge in [-0.15, -0.1) is 0 Å². The highest BCUT2D eigenvalue weighted by atomic mass is 16.3. The molecule has 3 heteroatoms. The van der Waals surface area contributed by atoms with Crippen LogP contribution in [-0.4, -0.2) is 29.3 Å². The van der Waals surface area contributed by atoms with Crippen molar-refractivity contribution in [2.45, 2.75) is 26.3 Å². The van der Waals surface area contributed by atoms with E-state index in [1.807, 2.05) is 18.5 Å². The number of anilines is 1. The molecule has 0 radical (unpaired) electrons. The van der Waals surface area contributed by atoms with Crippen molar-refractivity contribution < 1.29 is 5.11 Å². The Bertz CT molecular complexity index is 340. The Hall–Kier alpha value is -1.09. The van der Waals surface area contributed by atoms with Gasteiger partial charge in [0.05, 0.1) is 12.6 Å². The zero-order valence-corrected chi connectivity index (χ0v) is 9.35. The lowest BCUT2D eigenvalue weighted by atomic mass is 10.0. The van der Waals surface area contributed by atoms with Crippen molar-refractivity contribution in [3.05, 3.63) is 24.0 Å². The Morgan fingerprint density at radius 1 is 1.60 bits per heavy atom. The molecule has 1 aliphatic heterocycles. The molecular formula is C12H18N2O. The minimum Gasteiger partial charge on any atom is -0.394 e. The van der Waals surface area contributed by atoms with E-state index in [1.165, 1.54) is 11.3 Å². The Morgan fingerprint density at radius 3 is 3.07 bits per heavy atom. The van der Waals surface area contributed by atoms with E-state index in [9.17, 15) is 5.11 Å². The third-order valence-corrected chi connectivity index (χ3v) is 3.37. The molecule has 1 aromatic heterocycles. The highest BCUT2D eigenvalue weighted by Gasteiger charge is 2.31. The van der Waals surface area contributed by atoms with E-state index in [-0.39, 0.29) is 12.6 Å². The fourth-order valence-electron chi connectivity index (χ4n) is 2.37. The quantitative estimate of drug-likeness (QED) is 0.798. The predicted molar refractivity (Wildman–Crippen MR) is 61.0 cm³/mol. The first-order valence-corrected chi connectivity index (χ1v) is 5.52. The normalized spacial score (nSPS) is 25.9. The molecule has 1 aliphatic rings. The minimum atomic E-state index is 0.239. The number of aromatic nitrogens is 1. The van der Waals surface area contributed by atoms with Gasteiger partial charge < -0.3 is 10.0 Å². The third-order valence-electron chi connectivity index (χ3n) is 3.37. The first kappa shape index (κ1) is 10.4. The van der Waals surface area contributed by atoms with Gasteiger partial charge in [0.15, 0.2) is 0 Å². The van der Waals surface area contributed by atoms with Crippen LogP contribution in [0.5, 0.6) is 0 Å². The Kier molecular flexibility index (Phi) is 2.91. The fourth-order valence-corrected chi connectivity index (χ4v) is 2.37. The molecule has 2 unspecified atom stereocenters. The van der Waals surface area contributed by atoms with Crippen molar-refractivity contribution in [2.24, 2.45) is 5.92 Å². The van der Waals surface area contributed by atoms with Gasteiger partial charge in [-0.05, 0) is 30.9 Å². The number of hydrogen-bond acceptors (Lipinski definition) is 3.